The predicted octanol–water partition coefficient (Wildman–Crippen LogP) is 4.15. The number of amides is 1. The van der Waals surface area contributed by atoms with Gasteiger partial charge in [-0.2, -0.15) is 0 Å². The Morgan fingerprint density at radius 1 is 1.12 bits per heavy atom. The van der Waals surface area contributed by atoms with E-state index >= 15 is 0 Å². The lowest BCUT2D eigenvalue weighted by molar-refractivity contribution is -0.113. The topological polar surface area (TPSA) is 94.2 Å². The predicted molar refractivity (Wildman–Crippen MR) is 132 cm³/mol. The van der Waals surface area contributed by atoms with E-state index in [1.54, 1.807) is 10.6 Å². The van der Waals surface area contributed by atoms with Crippen molar-refractivity contribution in [3.8, 4) is 5.69 Å². The van der Waals surface area contributed by atoms with Gasteiger partial charge in [0.1, 0.15) is 0 Å². The van der Waals surface area contributed by atoms with E-state index in [2.05, 4.69) is 20.5 Å². The first kappa shape index (κ1) is 21.4. The SMILES string of the molecule is Cc1ccc(-n2c(=O)c3ccccc3n3c(SCC(=O)Nc4nc(C)cs4)nnc23)c(C)c1. The van der Waals surface area contributed by atoms with Crippen LogP contribution in [-0.4, -0.2) is 35.8 Å². The van der Waals surface area contributed by atoms with Crippen molar-refractivity contribution in [3.63, 3.8) is 0 Å². The monoisotopic (exact) mass is 476 g/mol. The highest BCUT2D eigenvalue weighted by Gasteiger charge is 2.19. The van der Waals surface area contributed by atoms with E-state index in [9.17, 15) is 9.59 Å². The summed E-state index contributed by atoms with van der Waals surface area (Å²) in [6.45, 7) is 5.86. The fourth-order valence-corrected chi connectivity index (χ4v) is 5.19. The van der Waals surface area contributed by atoms with Gasteiger partial charge in [-0.25, -0.2) is 9.55 Å². The summed E-state index contributed by atoms with van der Waals surface area (Å²) in [5.74, 6) is 0.360. The van der Waals surface area contributed by atoms with Gasteiger partial charge in [-0.1, -0.05) is 41.6 Å². The fraction of sp³-hybridized carbons (Fsp3) is 0.174. The number of benzene rings is 2. The first-order chi connectivity index (χ1) is 15.9. The molecule has 1 amide bonds. The molecule has 10 heteroatoms. The lowest BCUT2D eigenvalue weighted by Gasteiger charge is -2.13. The number of thioether (sulfide) groups is 1. The molecule has 0 aliphatic heterocycles. The molecule has 0 aliphatic rings. The largest absolute Gasteiger partial charge is 0.301 e. The van der Waals surface area contributed by atoms with E-state index in [-0.39, 0.29) is 17.2 Å². The zero-order chi connectivity index (χ0) is 23.1. The Kier molecular flexibility index (Phi) is 5.47. The second-order valence-corrected chi connectivity index (χ2v) is 9.50. The third-order valence-electron chi connectivity index (χ3n) is 5.19. The minimum atomic E-state index is -0.182. The van der Waals surface area contributed by atoms with Crippen molar-refractivity contribution in [2.24, 2.45) is 0 Å². The molecule has 0 spiro atoms. The number of nitrogens with zero attached hydrogens (tertiary/aromatic N) is 5. The Bertz CT molecular complexity index is 1580. The second kappa shape index (κ2) is 8.45. The van der Waals surface area contributed by atoms with Crippen molar-refractivity contribution in [1.82, 2.24) is 24.1 Å². The van der Waals surface area contributed by atoms with E-state index in [1.165, 1.54) is 23.1 Å². The summed E-state index contributed by atoms with van der Waals surface area (Å²) in [4.78, 5) is 30.2. The molecule has 1 N–H and O–H groups in total. The average Bonchev–Trinajstić information content (AvgIpc) is 3.39. The molecule has 0 bridgehead atoms. The lowest BCUT2D eigenvalue weighted by Crippen LogP contribution is -2.22. The van der Waals surface area contributed by atoms with Gasteiger partial charge in [-0.05, 0) is 44.5 Å². The summed E-state index contributed by atoms with van der Waals surface area (Å²) >= 11 is 2.65. The highest BCUT2D eigenvalue weighted by Crippen LogP contribution is 2.25. The van der Waals surface area contributed by atoms with Gasteiger partial charge in [0.15, 0.2) is 10.3 Å². The lowest BCUT2D eigenvalue weighted by atomic mass is 10.1. The quantitative estimate of drug-likeness (QED) is 0.383. The van der Waals surface area contributed by atoms with E-state index < -0.39 is 0 Å². The molecule has 5 rings (SSSR count). The number of rotatable bonds is 5. The van der Waals surface area contributed by atoms with Gasteiger partial charge in [-0.15, -0.1) is 21.5 Å². The standard InChI is InChI=1S/C23H20N6O2S2/c1-13-8-9-17(14(2)10-13)28-20(31)16-6-4-5-7-18(16)29-22(28)26-27-23(29)33-12-19(30)25-21-24-15(3)11-32-21/h4-11H,12H2,1-3H3,(H,24,25,30). The van der Waals surface area contributed by atoms with Crippen LogP contribution in [0.5, 0.6) is 0 Å². The van der Waals surface area contributed by atoms with E-state index in [1.807, 2.05) is 67.0 Å². The zero-order valence-electron chi connectivity index (χ0n) is 18.2. The van der Waals surface area contributed by atoms with Crippen molar-refractivity contribution in [1.29, 1.82) is 0 Å². The number of fused-ring (bicyclic) bond motifs is 3. The third kappa shape index (κ3) is 3.91. The highest BCUT2D eigenvalue weighted by atomic mass is 32.2. The zero-order valence-corrected chi connectivity index (χ0v) is 19.8. The van der Waals surface area contributed by atoms with Crippen LogP contribution >= 0.6 is 23.1 Å². The molecule has 33 heavy (non-hydrogen) atoms. The number of carbonyl (C=O) groups excluding carboxylic acids is 1. The summed E-state index contributed by atoms with van der Waals surface area (Å²) in [5.41, 5.74) is 4.22. The van der Waals surface area contributed by atoms with Crippen LogP contribution in [0.3, 0.4) is 0 Å². The number of thiazole rings is 1. The van der Waals surface area contributed by atoms with Crippen LogP contribution in [0.2, 0.25) is 0 Å². The molecule has 8 nitrogen and oxygen atoms in total. The van der Waals surface area contributed by atoms with Gasteiger partial charge in [0.2, 0.25) is 11.7 Å². The van der Waals surface area contributed by atoms with Crippen LogP contribution in [0.1, 0.15) is 16.8 Å². The maximum Gasteiger partial charge on any atom is 0.267 e. The van der Waals surface area contributed by atoms with Crippen LogP contribution in [0.15, 0.2) is 57.8 Å². The molecule has 0 saturated heterocycles. The minimum absolute atomic E-state index is 0.135. The van der Waals surface area contributed by atoms with Crippen molar-refractivity contribution in [3.05, 3.63) is 75.0 Å². The van der Waals surface area contributed by atoms with Crippen LogP contribution in [-0.2, 0) is 4.79 Å². The molecule has 5 aromatic rings. The molecule has 0 unspecified atom stereocenters. The maximum absolute atomic E-state index is 13.5. The molecule has 2 aromatic carbocycles. The van der Waals surface area contributed by atoms with Crippen molar-refractivity contribution in [2.75, 3.05) is 11.1 Å². The first-order valence-electron chi connectivity index (χ1n) is 10.2. The number of hydrogen-bond donors (Lipinski definition) is 1. The normalized spacial score (nSPS) is 11.4. The number of carbonyl (C=O) groups is 1. The van der Waals surface area contributed by atoms with Crippen LogP contribution in [0, 0.1) is 20.8 Å². The second-order valence-electron chi connectivity index (χ2n) is 7.70. The molecule has 166 valence electrons. The smallest absolute Gasteiger partial charge is 0.267 e. The van der Waals surface area contributed by atoms with Gasteiger partial charge in [0.05, 0.1) is 28.0 Å². The molecule has 0 saturated carbocycles. The van der Waals surface area contributed by atoms with Crippen LogP contribution in [0.25, 0.3) is 22.4 Å². The average molecular weight is 477 g/mol. The summed E-state index contributed by atoms with van der Waals surface area (Å²) in [5, 5.41) is 15.0. The van der Waals surface area contributed by atoms with Crippen LogP contribution < -0.4 is 10.9 Å². The van der Waals surface area contributed by atoms with Crippen molar-refractivity contribution in [2.45, 2.75) is 25.9 Å². The molecule has 0 radical (unpaired) electrons. The summed E-state index contributed by atoms with van der Waals surface area (Å²) in [6.07, 6.45) is 0. The summed E-state index contributed by atoms with van der Waals surface area (Å²) in [6, 6.07) is 13.3. The van der Waals surface area contributed by atoms with Gasteiger partial charge < -0.3 is 5.32 Å². The van der Waals surface area contributed by atoms with Crippen molar-refractivity contribution < 1.29 is 4.79 Å². The number of aryl methyl sites for hydroxylation is 3. The summed E-state index contributed by atoms with van der Waals surface area (Å²) < 4.78 is 3.42. The van der Waals surface area contributed by atoms with E-state index in [4.69, 9.17) is 0 Å². The van der Waals surface area contributed by atoms with Gasteiger partial charge in [0, 0.05) is 5.38 Å². The Labute approximate surface area is 197 Å². The first-order valence-corrected chi connectivity index (χ1v) is 12.1. The molecular weight excluding hydrogens is 456 g/mol. The van der Waals surface area contributed by atoms with E-state index in [0.717, 1.165) is 22.5 Å². The van der Waals surface area contributed by atoms with Gasteiger partial charge in [0.25, 0.3) is 5.56 Å². The Morgan fingerprint density at radius 3 is 2.70 bits per heavy atom. The van der Waals surface area contributed by atoms with Gasteiger partial charge >= 0.3 is 0 Å². The van der Waals surface area contributed by atoms with E-state index in [0.29, 0.717) is 27.0 Å². The molecule has 0 aliphatic carbocycles. The Morgan fingerprint density at radius 2 is 1.94 bits per heavy atom. The Hall–Kier alpha value is -3.50. The van der Waals surface area contributed by atoms with Crippen LogP contribution in [0.4, 0.5) is 5.13 Å². The molecule has 0 atom stereocenters. The minimum Gasteiger partial charge on any atom is -0.301 e. The third-order valence-corrected chi connectivity index (χ3v) is 6.99. The maximum atomic E-state index is 13.5. The summed E-state index contributed by atoms with van der Waals surface area (Å²) in [7, 11) is 0. The molecule has 0 fully saturated rings. The molecule has 3 heterocycles. The number of hydrogen-bond acceptors (Lipinski definition) is 7. The number of aromatic nitrogens is 5. The fourth-order valence-electron chi connectivity index (χ4n) is 3.74. The Balaban J connectivity index is 1.59. The number of anilines is 1. The van der Waals surface area contributed by atoms with Crippen molar-refractivity contribution >= 4 is 50.8 Å². The van der Waals surface area contributed by atoms with Gasteiger partial charge in [-0.3, -0.25) is 14.0 Å². The number of nitrogens with one attached hydrogen (secondary N) is 1. The number of para-hydroxylation sites is 1. The molecule has 3 aromatic heterocycles. The highest BCUT2D eigenvalue weighted by molar-refractivity contribution is 7.99. The molecular formula is C23H20N6O2S2.